The molecule has 8 heteroatoms. The molecule has 0 unspecified atom stereocenters. The lowest BCUT2D eigenvalue weighted by Gasteiger charge is -2.08. The molecule has 1 N–H and O–H groups in total. The average molecular weight is 398 g/mol. The van der Waals surface area contributed by atoms with E-state index < -0.39 is 0 Å². The molecule has 0 aromatic heterocycles. The van der Waals surface area contributed by atoms with Crippen LogP contribution >= 0.6 is 11.8 Å². The molecule has 0 radical (unpaired) electrons. The lowest BCUT2D eigenvalue weighted by atomic mass is 10.1. The van der Waals surface area contributed by atoms with Crippen LogP contribution in [-0.2, 0) is 29.2 Å². The second-order valence-electron chi connectivity index (χ2n) is 6.19. The summed E-state index contributed by atoms with van der Waals surface area (Å²) in [5, 5.41) is 6.29. The van der Waals surface area contributed by atoms with Gasteiger partial charge in [-0.1, -0.05) is 35.4 Å². The van der Waals surface area contributed by atoms with Gasteiger partial charge in [0.2, 0.25) is 0 Å². The number of ether oxygens (including phenoxy) is 2. The van der Waals surface area contributed by atoms with Crippen molar-refractivity contribution >= 4 is 17.7 Å². The van der Waals surface area contributed by atoms with Crippen molar-refractivity contribution in [3.05, 3.63) is 75.2 Å². The number of nitrogens with zero attached hydrogens (tertiary/aromatic N) is 3. The van der Waals surface area contributed by atoms with E-state index in [1.807, 2.05) is 36.4 Å². The maximum Gasteiger partial charge on any atom is 0.251 e. The van der Waals surface area contributed by atoms with E-state index in [1.54, 1.807) is 11.8 Å². The van der Waals surface area contributed by atoms with Crippen LogP contribution < -0.4 is 5.32 Å². The minimum Gasteiger partial charge on any atom is -0.377 e. The first-order chi connectivity index (χ1) is 13.8. The number of thioether (sulfide) groups is 1. The zero-order chi connectivity index (χ0) is 19.6. The lowest BCUT2D eigenvalue weighted by Crippen LogP contribution is -2.12. The van der Waals surface area contributed by atoms with Crippen LogP contribution in [0, 0.1) is 0 Å². The van der Waals surface area contributed by atoms with Crippen molar-refractivity contribution < 1.29 is 14.3 Å². The molecule has 0 atom stereocenters. The molecule has 7 nitrogen and oxygen atoms in total. The van der Waals surface area contributed by atoms with Crippen LogP contribution in [-0.4, -0.2) is 31.4 Å². The Morgan fingerprint density at radius 2 is 1.79 bits per heavy atom. The molecule has 28 heavy (non-hydrogen) atoms. The minimum absolute atomic E-state index is 0.0122. The average Bonchev–Trinajstić information content (AvgIpc) is 3.10. The largest absolute Gasteiger partial charge is 0.377 e. The van der Waals surface area contributed by atoms with Gasteiger partial charge in [-0.05, 0) is 34.4 Å². The Bertz CT molecular complexity index is 851. The van der Waals surface area contributed by atoms with Gasteiger partial charge in [0.1, 0.15) is 0 Å². The molecule has 0 saturated carbocycles. The molecular formula is C20H22N4O3S. The second kappa shape index (κ2) is 10.7. The molecule has 2 aromatic rings. The van der Waals surface area contributed by atoms with E-state index >= 15 is 0 Å². The number of nitrogens with one attached hydrogen (secondary N) is 1. The van der Waals surface area contributed by atoms with Gasteiger partial charge in [0.25, 0.3) is 5.91 Å². The summed E-state index contributed by atoms with van der Waals surface area (Å²) in [6.45, 7) is 3.07. The van der Waals surface area contributed by atoms with Gasteiger partial charge in [0.15, 0.2) is 0 Å². The fraction of sp³-hybridized carbons (Fsp3) is 0.350. The SMILES string of the molecule is [N-]=[N+]=NCCOCc1ccc(COCCSc2cccc3c2CNC3=O)cc1. The van der Waals surface area contributed by atoms with Gasteiger partial charge in [-0.3, -0.25) is 4.79 Å². The number of fused-ring (bicyclic) bond motifs is 1. The molecule has 146 valence electrons. The van der Waals surface area contributed by atoms with Crippen molar-refractivity contribution in [3.63, 3.8) is 0 Å². The van der Waals surface area contributed by atoms with Gasteiger partial charge in [0, 0.05) is 34.2 Å². The summed E-state index contributed by atoms with van der Waals surface area (Å²) < 4.78 is 11.2. The quantitative estimate of drug-likeness (QED) is 0.203. The van der Waals surface area contributed by atoms with Gasteiger partial charge in [-0.25, -0.2) is 0 Å². The number of rotatable bonds is 11. The molecule has 1 heterocycles. The molecule has 0 fully saturated rings. The van der Waals surface area contributed by atoms with Crippen LogP contribution in [0.3, 0.4) is 0 Å². The summed E-state index contributed by atoms with van der Waals surface area (Å²) in [6.07, 6.45) is 0. The summed E-state index contributed by atoms with van der Waals surface area (Å²) in [5.74, 6) is 0.847. The maximum atomic E-state index is 11.7. The Balaban J connectivity index is 1.34. The van der Waals surface area contributed by atoms with Crippen molar-refractivity contribution in [2.24, 2.45) is 5.11 Å². The Hall–Kier alpha value is -2.51. The molecule has 3 rings (SSSR count). The molecule has 1 aliphatic heterocycles. The number of benzene rings is 2. The summed E-state index contributed by atoms with van der Waals surface area (Å²) >= 11 is 1.72. The molecule has 0 bridgehead atoms. The number of hydrogen-bond acceptors (Lipinski definition) is 5. The third-order valence-electron chi connectivity index (χ3n) is 4.25. The van der Waals surface area contributed by atoms with E-state index in [9.17, 15) is 4.79 Å². The smallest absolute Gasteiger partial charge is 0.251 e. The molecule has 0 spiro atoms. The van der Waals surface area contributed by atoms with Crippen LogP contribution in [0.1, 0.15) is 27.0 Å². The van der Waals surface area contributed by atoms with Crippen LogP contribution in [0.25, 0.3) is 10.4 Å². The Kier molecular flexibility index (Phi) is 7.75. The normalized spacial score (nSPS) is 12.4. The molecule has 1 aliphatic rings. The zero-order valence-electron chi connectivity index (χ0n) is 15.5. The molecule has 1 amide bonds. The third kappa shape index (κ3) is 5.74. The standard InChI is InChI=1S/C20H22N4O3S/c21-24-23-8-9-26-13-15-4-6-16(7-5-15)14-27-10-11-28-19-3-1-2-17-18(19)12-22-20(17)25/h1-7H,8-14H2,(H,22,25). The fourth-order valence-electron chi connectivity index (χ4n) is 2.83. The van der Waals surface area contributed by atoms with Gasteiger partial charge >= 0.3 is 0 Å². The number of carbonyl (C=O) groups excluding carboxylic acids is 1. The van der Waals surface area contributed by atoms with Crippen LogP contribution in [0.5, 0.6) is 0 Å². The first kappa shape index (κ1) is 20.2. The van der Waals surface area contributed by atoms with E-state index in [4.69, 9.17) is 15.0 Å². The zero-order valence-corrected chi connectivity index (χ0v) is 16.3. The van der Waals surface area contributed by atoms with Crippen LogP contribution in [0.2, 0.25) is 0 Å². The van der Waals surface area contributed by atoms with Crippen molar-refractivity contribution in [3.8, 4) is 0 Å². The number of hydrogen-bond donors (Lipinski definition) is 1. The number of azide groups is 1. The number of amides is 1. The highest BCUT2D eigenvalue weighted by atomic mass is 32.2. The fourth-order valence-corrected chi connectivity index (χ4v) is 3.78. The molecule has 0 aliphatic carbocycles. The van der Waals surface area contributed by atoms with Crippen molar-refractivity contribution in [1.82, 2.24) is 5.32 Å². The Morgan fingerprint density at radius 3 is 2.50 bits per heavy atom. The van der Waals surface area contributed by atoms with E-state index in [0.717, 1.165) is 32.9 Å². The van der Waals surface area contributed by atoms with Gasteiger partial charge < -0.3 is 14.8 Å². The molecule has 2 aromatic carbocycles. The Labute approximate surface area is 168 Å². The van der Waals surface area contributed by atoms with Gasteiger partial charge in [-0.2, -0.15) is 0 Å². The first-order valence-corrected chi connectivity index (χ1v) is 10.0. The molecule has 0 saturated heterocycles. The number of carbonyl (C=O) groups is 1. The maximum absolute atomic E-state index is 11.7. The Morgan fingerprint density at radius 1 is 1.07 bits per heavy atom. The van der Waals surface area contributed by atoms with Crippen molar-refractivity contribution in [2.45, 2.75) is 24.7 Å². The monoisotopic (exact) mass is 398 g/mol. The third-order valence-corrected chi connectivity index (χ3v) is 5.31. The van der Waals surface area contributed by atoms with Crippen LogP contribution in [0.4, 0.5) is 0 Å². The predicted octanol–water partition coefficient (Wildman–Crippen LogP) is 4.07. The second-order valence-corrected chi connectivity index (χ2v) is 7.33. The first-order valence-electron chi connectivity index (χ1n) is 9.05. The lowest BCUT2D eigenvalue weighted by molar-refractivity contribution is 0.0965. The highest BCUT2D eigenvalue weighted by Gasteiger charge is 2.20. The summed E-state index contributed by atoms with van der Waals surface area (Å²) in [4.78, 5) is 15.5. The van der Waals surface area contributed by atoms with Crippen molar-refractivity contribution in [2.75, 3.05) is 25.5 Å². The van der Waals surface area contributed by atoms with Gasteiger partial charge in [-0.15, -0.1) is 11.8 Å². The summed E-state index contributed by atoms with van der Waals surface area (Å²) in [6, 6.07) is 13.9. The summed E-state index contributed by atoms with van der Waals surface area (Å²) in [7, 11) is 0. The highest BCUT2D eigenvalue weighted by Crippen LogP contribution is 2.28. The predicted molar refractivity (Wildman–Crippen MR) is 108 cm³/mol. The van der Waals surface area contributed by atoms with Crippen LogP contribution in [0.15, 0.2) is 52.5 Å². The van der Waals surface area contributed by atoms with E-state index in [2.05, 4.69) is 21.4 Å². The van der Waals surface area contributed by atoms with E-state index in [0.29, 0.717) is 39.5 Å². The minimum atomic E-state index is 0.0122. The van der Waals surface area contributed by atoms with E-state index in [-0.39, 0.29) is 5.91 Å². The highest BCUT2D eigenvalue weighted by molar-refractivity contribution is 7.99. The van der Waals surface area contributed by atoms with E-state index in [1.165, 1.54) is 0 Å². The van der Waals surface area contributed by atoms with Crippen molar-refractivity contribution in [1.29, 1.82) is 0 Å². The molecular weight excluding hydrogens is 376 g/mol. The summed E-state index contributed by atoms with van der Waals surface area (Å²) in [5.41, 5.74) is 12.3. The topological polar surface area (TPSA) is 96.3 Å². The van der Waals surface area contributed by atoms with Gasteiger partial charge in [0.05, 0.1) is 26.4 Å².